The van der Waals surface area contributed by atoms with Gasteiger partial charge in [-0.3, -0.25) is 9.59 Å². The molecule has 35 heavy (non-hydrogen) atoms. The summed E-state index contributed by atoms with van der Waals surface area (Å²) in [5.41, 5.74) is 4.55. The molecule has 3 rings (SSSR count). The molecule has 190 valence electrons. The molecule has 1 fully saturated rings. The molecule has 0 spiro atoms. The van der Waals surface area contributed by atoms with E-state index in [-0.39, 0.29) is 42.8 Å². The second kappa shape index (κ2) is 11.6. The number of likely N-dealkylation sites (tertiary alicyclic amines) is 1. The molecule has 0 saturated carbocycles. The Morgan fingerprint density at radius 3 is 2.20 bits per heavy atom. The summed E-state index contributed by atoms with van der Waals surface area (Å²) in [4.78, 5) is 34.2. The van der Waals surface area contributed by atoms with Gasteiger partial charge in [-0.1, -0.05) is 0 Å². The molecule has 1 saturated heterocycles. The van der Waals surface area contributed by atoms with Crippen LogP contribution < -0.4 is 16.4 Å². The normalized spacial score (nSPS) is 13.3. The molecule has 15 heteroatoms. The minimum Gasteiger partial charge on any atom is -0.475 e. The van der Waals surface area contributed by atoms with Crippen LogP contribution in [0.25, 0.3) is 0 Å². The fourth-order valence-corrected chi connectivity index (χ4v) is 3.22. The van der Waals surface area contributed by atoms with Gasteiger partial charge in [0.25, 0.3) is 5.91 Å². The average molecular weight is 618 g/mol. The molecule has 0 unspecified atom stereocenters. The lowest BCUT2D eigenvalue weighted by Gasteiger charge is -2.39. The minimum atomic E-state index is -5.08. The summed E-state index contributed by atoms with van der Waals surface area (Å²) >= 11 is 1.92. The van der Waals surface area contributed by atoms with Crippen LogP contribution in [0.15, 0.2) is 30.3 Å². The topological polar surface area (TPSA) is 125 Å². The van der Waals surface area contributed by atoms with Crippen LogP contribution >= 0.6 is 22.6 Å². The van der Waals surface area contributed by atoms with Crippen LogP contribution in [0.1, 0.15) is 10.4 Å². The zero-order chi connectivity index (χ0) is 26.5. The van der Waals surface area contributed by atoms with Gasteiger partial charge >= 0.3 is 12.1 Å². The molecule has 0 radical (unpaired) electrons. The number of anilines is 2. The highest BCUT2D eigenvalue weighted by Gasteiger charge is 2.38. The highest BCUT2D eigenvalue weighted by atomic mass is 127. The summed E-state index contributed by atoms with van der Waals surface area (Å²) in [6.45, 7) is 0.255. The molecule has 0 atom stereocenters. The number of hydrogen-bond donors (Lipinski definition) is 4. The quantitative estimate of drug-likeness (QED) is 0.302. The second-order valence-corrected chi connectivity index (χ2v) is 8.26. The smallest absolute Gasteiger partial charge is 0.475 e. The Hall–Kier alpha value is -3.08. The second-order valence-electron chi connectivity index (χ2n) is 7.01. The number of carbonyl (C=O) groups excluding carboxylic acids is 2. The lowest BCUT2D eigenvalue weighted by molar-refractivity contribution is -0.192. The summed E-state index contributed by atoms with van der Waals surface area (Å²) in [7, 11) is 0. The minimum absolute atomic E-state index is 0.0874. The van der Waals surface area contributed by atoms with Crippen molar-refractivity contribution >= 4 is 51.7 Å². The number of aliphatic carboxylic acids is 1. The van der Waals surface area contributed by atoms with Crippen molar-refractivity contribution in [3.05, 3.63) is 56.9 Å². The molecular formula is C20H17F6IN4O4. The fourth-order valence-electron chi connectivity index (χ4n) is 2.77. The maximum Gasteiger partial charge on any atom is 0.490 e. The summed E-state index contributed by atoms with van der Waals surface area (Å²) in [6.07, 6.45) is -5.08. The number of halogens is 7. The van der Waals surface area contributed by atoms with Crippen molar-refractivity contribution in [2.45, 2.75) is 12.2 Å². The van der Waals surface area contributed by atoms with Gasteiger partial charge in [-0.25, -0.2) is 18.0 Å². The van der Waals surface area contributed by atoms with E-state index in [2.05, 4.69) is 10.6 Å². The summed E-state index contributed by atoms with van der Waals surface area (Å²) < 4.78 is 74.6. The first-order valence-electron chi connectivity index (χ1n) is 9.53. The molecule has 5 N–H and O–H groups in total. The number of alkyl halides is 3. The third-order valence-electron chi connectivity index (χ3n) is 4.48. The molecule has 2 aromatic carbocycles. The van der Waals surface area contributed by atoms with Gasteiger partial charge < -0.3 is 26.4 Å². The Morgan fingerprint density at radius 2 is 1.69 bits per heavy atom. The highest BCUT2D eigenvalue weighted by Crippen LogP contribution is 2.30. The number of hydrogen-bond acceptors (Lipinski definition) is 5. The number of benzene rings is 2. The van der Waals surface area contributed by atoms with E-state index in [1.165, 1.54) is 17.0 Å². The molecule has 1 aliphatic heterocycles. The van der Waals surface area contributed by atoms with Gasteiger partial charge in [0, 0.05) is 16.7 Å². The van der Waals surface area contributed by atoms with Crippen LogP contribution in [-0.4, -0.2) is 59.6 Å². The van der Waals surface area contributed by atoms with Crippen molar-refractivity contribution in [1.29, 1.82) is 0 Å². The van der Waals surface area contributed by atoms with E-state index in [9.17, 15) is 35.9 Å². The highest BCUT2D eigenvalue weighted by molar-refractivity contribution is 14.1. The molecule has 8 nitrogen and oxygen atoms in total. The third-order valence-corrected chi connectivity index (χ3v) is 5.15. The number of carboxylic acid groups (broad SMARTS) is 1. The van der Waals surface area contributed by atoms with Gasteiger partial charge in [-0.2, -0.15) is 13.2 Å². The number of carboxylic acids is 1. The van der Waals surface area contributed by atoms with E-state index in [1.807, 2.05) is 22.6 Å². The van der Waals surface area contributed by atoms with E-state index in [0.717, 1.165) is 12.1 Å². The maximum atomic E-state index is 14.4. The van der Waals surface area contributed by atoms with Crippen molar-refractivity contribution < 1.29 is 45.8 Å². The van der Waals surface area contributed by atoms with Gasteiger partial charge in [0.05, 0.1) is 29.5 Å². The van der Waals surface area contributed by atoms with Crippen LogP contribution in [0.2, 0.25) is 0 Å². The number of amides is 2. The Bertz CT molecular complexity index is 1130. The molecule has 2 amide bonds. The first kappa shape index (κ1) is 28.2. The number of rotatable bonds is 5. The number of nitrogens with zero attached hydrogens (tertiary/aromatic N) is 1. The summed E-state index contributed by atoms with van der Waals surface area (Å²) in [6, 6.07) is 5.91. The van der Waals surface area contributed by atoms with E-state index >= 15 is 0 Å². The standard InChI is InChI=1S/C18H16F3IN4O2.C2HF3O2/c19-12-3-2-11(18(28)26-7-10(8-26)24-15(27)6-23)17(16(12)21)25-14-4-1-9(22)5-13(14)20;3-2(4,5)1(6)7/h1-5,10,25H,6-8,23H2,(H,24,27);(H,6,7). The maximum absolute atomic E-state index is 14.4. The summed E-state index contributed by atoms with van der Waals surface area (Å²) in [5.74, 6) is -6.78. The molecule has 2 aromatic rings. The van der Waals surface area contributed by atoms with E-state index < -0.39 is 41.2 Å². The van der Waals surface area contributed by atoms with Gasteiger partial charge in [0.1, 0.15) is 5.82 Å². The van der Waals surface area contributed by atoms with E-state index in [0.29, 0.717) is 3.57 Å². The average Bonchev–Trinajstić information content (AvgIpc) is 2.74. The SMILES string of the molecule is NCC(=O)NC1CN(C(=O)c2ccc(F)c(F)c2Nc2ccc(I)cc2F)C1.O=C(O)C(F)(F)F. The van der Waals surface area contributed by atoms with Gasteiger partial charge in [0.15, 0.2) is 11.6 Å². The zero-order valence-corrected chi connectivity index (χ0v) is 19.6. The van der Waals surface area contributed by atoms with Gasteiger partial charge in [-0.05, 0) is 52.9 Å². The van der Waals surface area contributed by atoms with Gasteiger partial charge in [0.2, 0.25) is 5.91 Å². The third kappa shape index (κ3) is 7.45. The van der Waals surface area contributed by atoms with Crippen LogP contribution in [0.5, 0.6) is 0 Å². The molecule has 0 bridgehead atoms. The van der Waals surface area contributed by atoms with Gasteiger partial charge in [-0.15, -0.1) is 0 Å². The number of nitrogens with one attached hydrogen (secondary N) is 2. The lowest BCUT2D eigenvalue weighted by Crippen LogP contribution is -2.61. The van der Waals surface area contributed by atoms with Crippen LogP contribution in [0, 0.1) is 21.0 Å². The van der Waals surface area contributed by atoms with E-state index in [1.54, 1.807) is 6.07 Å². The molecule has 0 aromatic heterocycles. The first-order chi connectivity index (χ1) is 16.2. The first-order valence-corrected chi connectivity index (χ1v) is 10.6. The fraction of sp³-hybridized carbons (Fsp3) is 0.250. The Labute approximate surface area is 207 Å². The van der Waals surface area contributed by atoms with Crippen LogP contribution in [-0.2, 0) is 9.59 Å². The molecule has 1 aliphatic rings. The molecule has 1 heterocycles. The Morgan fingerprint density at radius 1 is 1.09 bits per heavy atom. The molecular weight excluding hydrogens is 601 g/mol. The Balaban J connectivity index is 0.000000540. The van der Waals surface area contributed by atoms with E-state index in [4.69, 9.17) is 15.6 Å². The van der Waals surface area contributed by atoms with Crippen molar-refractivity contribution in [2.24, 2.45) is 5.73 Å². The Kier molecular flexibility index (Phi) is 9.31. The number of carbonyl (C=O) groups is 3. The monoisotopic (exact) mass is 618 g/mol. The lowest BCUT2D eigenvalue weighted by atomic mass is 10.0. The molecule has 0 aliphatic carbocycles. The largest absolute Gasteiger partial charge is 0.490 e. The van der Waals surface area contributed by atoms with Crippen molar-refractivity contribution in [2.75, 3.05) is 25.0 Å². The van der Waals surface area contributed by atoms with Crippen LogP contribution in [0.3, 0.4) is 0 Å². The van der Waals surface area contributed by atoms with Crippen molar-refractivity contribution in [1.82, 2.24) is 10.2 Å². The predicted molar refractivity (Wildman–Crippen MR) is 119 cm³/mol. The zero-order valence-electron chi connectivity index (χ0n) is 17.4. The number of nitrogens with two attached hydrogens (primary N) is 1. The predicted octanol–water partition coefficient (Wildman–Crippen LogP) is 2.98. The van der Waals surface area contributed by atoms with Crippen molar-refractivity contribution in [3.63, 3.8) is 0 Å². The van der Waals surface area contributed by atoms with Crippen LogP contribution in [0.4, 0.5) is 37.7 Å². The summed E-state index contributed by atoms with van der Waals surface area (Å²) in [5, 5.41) is 12.2. The van der Waals surface area contributed by atoms with Crippen molar-refractivity contribution in [3.8, 4) is 0 Å².